The molecule has 0 aliphatic carbocycles. The quantitative estimate of drug-likeness (QED) is 0.314. The predicted molar refractivity (Wildman–Crippen MR) is 126 cm³/mol. The summed E-state index contributed by atoms with van der Waals surface area (Å²) in [5, 5.41) is 4.93. The van der Waals surface area contributed by atoms with Crippen molar-refractivity contribution in [2.24, 2.45) is 0 Å². The van der Waals surface area contributed by atoms with E-state index in [9.17, 15) is 14.0 Å². The summed E-state index contributed by atoms with van der Waals surface area (Å²) in [6.45, 7) is 1.92. The molecule has 4 rings (SSSR count). The van der Waals surface area contributed by atoms with Crippen LogP contribution in [0.25, 0.3) is 10.2 Å². The highest BCUT2D eigenvalue weighted by Gasteiger charge is 2.16. The number of para-hydroxylation sites is 1. The van der Waals surface area contributed by atoms with Crippen molar-refractivity contribution in [1.29, 1.82) is 0 Å². The van der Waals surface area contributed by atoms with E-state index in [-0.39, 0.29) is 29.6 Å². The summed E-state index contributed by atoms with van der Waals surface area (Å²) in [7, 11) is 1.58. The van der Waals surface area contributed by atoms with Crippen LogP contribution in [0.15, 0.2) is 63.9 Å². The number of benzene rings is 2. The number of thioether (sulfide) groups is 1. The van der Waals surface area contributed by atoms with Crippen LogP contribution in [0.3, 0.4) is 0 Å². The third-order valence-corrected chi connectivity index (χ3v) is 6.71. The first-order chi connectivity index (χ1) is 15.5. The van der Waals surface area contributed by atoms with Gasteiger partial charge in [-0.1, -0.05) is 36.0 Å². The number of fused-ring (bicyclic) bond motifs is 1. The predicted octanol–water partition coefficient (Wildman–Crippen LogP) is 4.69. The normalized spacial score (nSPS) is 11.0. The molecule has 32 heavy (non-hydrogen) atoms. The van der Waals surface area contributed by atoms with Crippen LogP contribution in [-0.2, 0) is 11.3 Å². The van der Waals surface area contributed by atoms with E-state index in [4.69, 9.17) is 4.74 Å². The van der Waals surface area contributed by atoms with Crippen molar-refractivity contribution in [2.75, 3.05) is 18.2 Å². The second-order valence-corrected chi connectivity index (χ2v) is 8.89. The average molecular weight is 470 g/mol. The second-order valence-electron chi connectivity index (χ2n) is 7.03. The molecule has 0 aliphatic rings. The van der Waals surface area contributed by atoms with E-state index in [1.807, 2.05) is 29.6 Å². The Bertz CT molecular complexity index is 1350. The van der Waals surface area contributed by atoms with E-state index in [1.165, 1.54) is 17.4 Å². The van der Waals surface area contributed by atoms with Crippen LogP contribution in [0.4, 0.5) is 10.1 Å². The summed E-state index contributed by atoms with van der Waals surface area (Å²) in [5.74, 6) is -0.0167. The van der Waals surface area contributed by atoms with Crippen LogP contribution in [-0.4, -0.2) is 28.3 Å². The van der Waals surface area contributed by atoms with Crippen LogP contribution in [0.5, 0.6) is 5.75 Å². The van der Waals surface area contributed by atoms with Crippen molar-refractivity contribution in [3.63, 3.8) is 0 Å². The van der Waals surface area contributed by atoms with E-state index in [2.05, 4.69) is 10.3 Å². The minimum atomic E-state index is -0.384. The maximum atomic E-state index is 13.8. The number of aryl methyl sites for hydroxylation is 1. The lowest BCUT2D eigenvalue weighted by molar-refractivity contribution is -0.113. The number of thiophene rings is 1. The van der Waals surface area contributed by atoms with Gasteiger partial charge in [-0.25, -0.2) is 9.37 Å². The minimum Gasteiger partial charge on any atom is -0.496 e. The van der Waals surface area contributed by atoms with Gasteiger partial charge in [0.25, 0.3) is 5.56 Å². The van der Waals surface area contributed by atoms with E-state index < -0.39 is 0 Å². The number of ether oxygens (including phenoxy) is 1. The van der Waals surface area contributed by atoms with E-state index in [1.54, 1.807) is 36.8 Å². The monoisotopic (exact) mass is 469 g/mol. The molecule has 0 unspecified atom stereocenters. The molecule has 0 radical (unpaired) electrons. The lowest BCUT2D eigenvalue weighted by Crippen LogP contribution is -2.24. The number of halogens is 1. The number of amides is 1. The number of carbonyl (C=O) groups is 1. The van der Waals surface area contributed by atoms with Crippen LogP contribution < -0.4 is 15.6 Å². The fourth-order valence-corrected chi connectivity index (χ4v) is 4.75. The Morgan fingerprint density at radius 2 is 2.06 bits per heavy atom. The fraction of sp³-hybridized carbons (Fsp3) is 0.174. The molecule has 0 saturated carbocycles. The van der Waals surface area contributed by atoms with Gasteiger partial charge in [0.15, 0.2) is 5.16 Å². The average Bonchev–Trinajstić information content (AvgIpc) is 3.26. The fourth-order valence-electron chi connectivity index (χ4n) is 3.17. The molecule has 0 fully saturated rings. The topological polar surface area (TPSA) is 73.2 Å². The highest BCUT2D eigenvalue weighted by atomic mass is 32.2. The molecule has 2 aromatic carbocycles. The molecule has 0 spiro atoms. The van der Waals surface area contributed by atoms with Gasteiger partial charge in [0, 0.05) is 11.3 Å². The van der Waals surface area contributed by atoms with Gasteiger partial charge in [-0.3, -0.25) is 14.2 Å². The Labute approximate surface area is 192 Å². The van der Waals surface area contributed by atoms with Crippen LogP contribution in [0.2, 0.25) is 0 Å². The molecule has 0 atom stereocenters. The zero-order chi connectivity index (χ0) is 22.7. The van der Waals surface area contributed by atoms with Gasteiger partial charge in [0.1, 0.15) is 16.3 Å². The molecule has 0 bridgehead atoms. The number of methoxy groups -OCH3 is 1. The number of nitrogens with one attached hydrogen (secondary N) is 1. The van der Waals surface area contributed by atoms with Gasteiger partial charge < -0.3 is 10.1 Å². The van der Waals surface area contributed by atoms with Crippen molar-refractivity contribution >= 4 is 44.9 Å². The molecule has 4 aromatic rings. The number of hydrogen-bond acceptors (Lipinski definition) is 6. The summed E-state index contributed by atoms with van der Waals surface area (Å²) in [6.07, 6.45) is 0. The molecule has 9 heteroatoms. The maximum Gasteiger partial charge on any atom is 0.272 e. The van der Waals surface area contributed by atoms with Crippen molar-refractivity contribution in [2.45, 2.75) is 18.6 Å². The number of hydrogen-bond donors (Lipinski definition) is 1. The second kappa shape index (κ2) is 9.54. The van der Waals surface area contributed by atoms with Crippen LogP contribution in [0.1, 0.15) is 11.1 Å². The number of rotatable bonds is 7. The molecule has 1 amide bonds. The Kier molecular flexibility index (Phi) is 6.57. The van der Waals surface area contributed by atoms with Crippen LogP contribution >= 0.6 is 23.1 Å². The molecule has 0 saturated heterocycles. The third-order valence-electron chi connectivity index (χ3n) is 4.84. The summed E-state index contributed by atoms with van der Waals surface area (Å²) in [5.41, 5.74) is 2.15. The van der Waals surface area contributed by atoms with Crippen molar-refractivity contribution < 1.29 is 13.9 Å². The van der Waals surface area contributed by atoms with E-state index in [0.717, 1.165) is 17.3 Å². The summed E-state index contributed by atoms with van der Waals surface area (Å²) >= 11 is 2.49. The Hall–Kier alpha value is -3.17. The first kappa shape index (κ1) is 22.0. The van der Waals surface area contributed by atoms with Gasteiger partial charge in [-0.2, -0.15) is 0 Å². The molecule has 2 heterocycles. The van der Waals surface area contributed by atoms with E-state index >= 15 is 0 Å². The Morgan fingerprint density at radius 1 is 1.25 bits per heavy atom. The lowest BCUT2D eigenvalue weighted by Gasteiger charge is -2.14. The number of aromatic nitrogens is 2. The van der Waals surface area contributed by atoms with Gasteiger partial charge in [-0.05, 0) is 42.1 Å². The van der Waals surface area contributed by atoms with Crippen molar-refractivity contribution in [1.82, 2.24) is 9.55 Å². The number of carbonyl (C=O) groups excluding carboxylic acids is 1. The smallest absolute Gasteiger partial charge is 0.272 e. The van der Waals surface area contributed by atoms with Gasteiger partial charge in [0.2, 0.25) is 5.91 Å². The van der Waals surface area contributed by atoms with Gasteiger partial charge in [0.05, 0.1) is 24.9 Å². The molecule has 6 nitrogen and oxygen atoms in total. The third kappa shape index (κ3) is 4.68. The molecular formula is C23H20FN3O3S2. The van der Waals surface area contributed by atoms with Crippen molar-refractivity contribution in [3.05, 3.63) is 81.2 Å². The minimum absolute atomic E-state index is 0.0174. The highest BCUT2D eigenvalue weighted by molar-refractivity contribution is 7.99. The zero-order valence-corrected chi connectivity index (χ0v) is 19.1. The highest BCUT2D eigenvalue weighted by Crippen LogP contribution is 2.24. The molecule has 164 valence electrons. The first-order valence-corrected chi connectivity index (χ1v) is 11.6. The van der Waals surface area contributed by atoms with E-state index in [0.29, 0.717) is 32.4 Å². The summed E-state index contributed by atoms with van der Waals surface area (Å²) in [6, 6.07) is 13.8. The lowest BCUT2D eigenvalue weighted by atomic mass is 10.2. The SMILES string of the molecule is COc1ccccc1Cn1c(SCC(=O)Nc2ccc(C)c(F)c2)nc2ccsc2c1=O. The molecule has 1 N–H and O–H groups in total. The number of anilines is 1. The standard InChI is InChI=1S/C23H20FN3O3S2/c1-14-7-8-16(11-17(14)24)25-20(28)13-32-23-26-18-9-10-31-21(18)22(29)27(23)12-15-5-3-4-6-19(15)30-2/h3-11H,12-13H2,1-2H3,(H,25,28). The zero-order valence-electron chi connectivity index (χ0n) is 17.4. The van der Waals surface area contributed by atoms with Gasteiger partial charge in [-0.15, -0.1) is 11.3 Å². The first-order valence-electron chi connectivity index (χ1n) is 9.75. The molecule has 2 aromatic heterocycles. The van der Waals surface area contributed by atoms with Gasteiger partial charge >= 0.3 is 0 Å². The summed E-state index contributed by atoms with van der Waals surface area (Å²) < 4.78 is 21.3. The Morgan fingerprint density at radius 3 is 2.84 bits per heavy atom. The molecule has 0 aliphatic heterocycles. The maximum absolute atomic E-state index is 13.8. The molecular weight excluding hydrogens is 449 g/mol. The summed E-state index contributed by atoms with van der Waals surface area (Å²) in [4.78, 5) is 30.2. The largest absolute Gasteiger partial charge is 0.496 e. The van der Waals surface area contributed by atoms with Crippen LogP contribution in [0, 0.1) is 12.7 Å². The number of nitrogens with zero attached hydrogens (tertiary/aromatic N) is 2. The Balaban J connectivity index is 1.59. The van der Waals surface area contributed by atoms with Crippen molar-refractivity contribution in [3.8, 4) is 5.75 Å².